The lowest BCUT2D eigenvalue weighted by Gasteiger charge is -2.22. The number of halogens is 2. The van der Waals surface area contributed by atoms with Crippen molar-refractivity contribution in [2.45, 2.75) is 37.2 Å². The van der Waals surface area contributed by atoms with Crippen LogP contribution in [-0.2, 0) is 0 Å². The third kappa shape index (κ3) is 4.31. The maximum absolute atomic E-state index is 13.4. The van der Waals surface area contributed by atoms with Crippen LogP contribution in [0.2, 0.25) is 0 Å². The average Bonchev–Trinajstić information content (AvgIpc) is 2.48. The van der Waals surface area contributed by atoms with Crippen LogP contribution in [0.5, 0.6) is 0 Å². The Morgan fingerprint density at radius 3 is 1.57 bits per heavy atom. The van der Waals surface area contributed by atoms with Gasteiger partial charge in [0.1, 0.15) is 11.6 Å². The van der Waals surface area contributed by atoms with E-state index >= 15 is 0 Å². The summed E-state index contributed by atoms with van der Waals surface area (Å²) in [6, 6.07) is 13.5. The molecule has 0 aliphatic carbocycles. The van der Waals surface area contributed by atoms with Crippen molar-refractivity contribution in [3.8, 4) is 0 Å². The van der Waals surface area contributed by atoms with E-state index in [1.807, 2.05) is 12.1 Å². The molecule has 0 aliphatic heterocycles. The van der Waals surface area contributed by atoms with Gasteiger partial charge in [0.05, 0.1) is 0 Å². The number of hydrogen-bond donors (Lipinski definition) is 0. The van der Waals surface area contributed by atoms with Crippen molar-refractivity contribution in [1.82, 2.24) is 0 Å². The first kappa shape index (κ1) is 16.0. The van der Waals surface area contributed by atoms with E-state index in [0.29, 0.717) is 0 Å². The Balaban J connectivity index is 2.19. The van der Waals surface area contributed by atoms with E-state index < -0.39 is 0 Å². The van der Waals surface area contributed by atoms with Gasteiger partial charge in [-0.3, -0.25) is 0 Å². The lowest BCUT2D eigenvalue weighted by atomic mass is 10.1. The van der Waals surface area contributed by atoms with E-state index in [4.69, 9.17) is 0 Å². The summed E-state index contributed by atoms with van der Waals surface area (Å²) < 4.78 is 26.8. The molecule has 21 heavy (non-hydrogen) atoms. The summed E-state index contributed by atoms with van der Waals surface area (Å²) >= 11 is 1.78. The number of thioether (sulfide) groups is 1. The highest BCUT2D eigenvalue weighted by atomic mass is 32.2. The van der Waals surface area contributed by atoms with Crippen LogP contribution < -0.4 is 0 Å². The van der Waals surface area contributed by atoms with Crippen LogP contribution in [0.25, 0.3) is 0 Å². The molecule has 0 aliphatic rings. The zero-order valence-corrected chi connectivity index (χ0v) is 13.2. The van der Waals surface area contributed by atoms with Gasteiger partial charge in [0.25, 0.3) is 0 Å². The Morgan fingerprint density at radius 2 is 1.24 bits per heavy atom. The fourth-order valence-corrected chi connectivity index (χ4v) is 3.82. The summed E-state index contributed by atoms with van der Waals surface area (Å²) in [5, 5.41) is 0.433. The minimum atomic E-state index is -0.203. The number of benzene rings is 2. The first-order valence-corrected chi connectivity index (χ1v) is 8.24. The van der Waals surface area contributed by atoms with Crippen molar-refractivity contribution in [1.29, 1.82) is 0 Å². The molecule has 0 N–H and O–H groups in total. The van der Waals surface area contributed by atoms with Crippen LogP contribution >= 0.6 is 11.8 Å². The maximum Gasteiger partial charge on any atom is 0.123 e. The molecule has 0 nitrogen and oxygen atoms in total. The highest BCUT2D eigenvalue weighted by Gasteiger charge is 2.18. The normalized spacial score (nSPS) is 13.9. The zero-order chi connectivity index (χ0) is 15.2. The largest absolute Gasteiger partial charge is 0.207 e. The van der Waals surface area contributed by atoms with E-state index in [9.17, 15) is 8.78 Å². The van der Waals surface area contributed by atoms with Gasteiger partial charge in [-0.2, -0.15) is 0 Å². The molecule has 0 amide bonds. The maximum atomic E-state index is 13.4. The minimum Gasteiger partial charge on any atom is -0.207 e. The van der Waals surface area contributed by atoms with E-state index in [0.717, 1.165) is 24.0 Å². The third-order valence-corrected chi connectivity index (χ3v) is 5.38. The molecule has 2 aromatic rings. The van der Waals surface area contributed by atoms with Crippen molar-refractivity contribution >= 4 is 11.8 Å². The van der Waals surface area contributed by atoms with Crippen LogP contribution in [0.1, 0.15) is 48.3 Å². The molecule has 0 saturated heterocycles. The Kier molecular flexibility index (Phi) is 5.80. The lowest BCUT2D eigenvalue weighted by molar-refractivity contribution is 0.624. The molecule has 0 bridgehead atoms. The minimum absolute atomic E-state index is 0.203. The van der Waals surface area contributed by atoms with E-state index in [2.05, 4.69) is 13.8 Å². The third-order valence-electron chi connectivity index (χ3n) is 3.51. The van der Waals surface area contributed by atoms with E-state index in [1.54, 1.807) is 36.0 Å². The van der Waals surface area contributed by atoms with Gasteiger partial charge in [0.2, 0.25) is 0 Å². The summed E-state index contributed by atoms with van der Waals surface area (Å²) in [7, 11) is 0. The van der Waals surface area contributed by atoms with Crippen molar-refractivity contribution in [3.05, 3.63) is 71.3 Å². The topological polar surface area (TPSA) is 0 Å². The molecule has 0 fully saturated rings. The second-order valence-electron chi connectivity index (χ2n) is 5.04. The second kappa shape index (κ2) is 7.60. The summed E-state index contributed by atoms with van der Waals surface area (Å²) in [5.41, 5.74) is 2.00. The fraction of sp³-hybridized carbons (Fsp3) is 0.333. The van der Waals surface area contributed by atoms with Gasteiger partial charge in [-0.25, -0.2) is 8.78 Å². The molecule has 2 atom stereocenters. The summed E-state index contributed by atoms with van der Waals surface area (Å²) in [6.45, 7) is 4.20. The summed E-state index contributed by atoms with van der Waals surface area (Å²) in [5.74, 6) is -0.407. The molecule has 112 valence electrons. The second-order valence-corrected chi connectivity index (χ2v) is 6.45. The van der Waals surface area contributed by atoms with Gasteiger partial charge in [-0.1, -0.05) is 38.1 Å². The summed E-state index contributed by atoms with van der Waals surface area (Å²) in [4.78, 5) is 0. The van der Waals surface area contributed by atoms with Gasteiger partial charge in [-0.05, 0) is 48.2 Å². The van der Waals surface area contributed by atoms with E-state index in [1.165, 1.54) is 12.1 Å². The first-order chi connectivity index (χ1) is 10.1. The quantitative estimate of drug-likeness (QED) is 0.603. The predicted molar refractivity (Wildman–Crippen MR) is 86.5 cm³/mol. The lowest BCUT2D eigenvalue weighted by Crippen LogP contribution is -2.00. The van der Waals surface area contributed by atoms with Gasteiger partial charge < -0.3 is 0 Å². The number of hydrogen-bond acceptors (Lipinski definition) is 1. The molecule has 3 heteroatoms. The molecule has 2 unspecified atom stereocenters. The van der Waals surface area contributed by atoms with Crippen LogP contribution in [0.4, 0.5) is 8.78 Å². The Labute approximate surface area is 129 Å². The van der Waals surface area contributed by atoms with Crippen LogP contribution in [0.3, 0.4) is 0 Å². The monoisotopic (exact) mass is 306 g/mol. The van der Waals surface area contributed by atoms with Gasteiger partial charge in [-0.15, -0.1) is 11.8 Å². The molecular weight excluding hydrogens is 286 g/mol. The van der Waals surface area contributed by atoms with E-state index in [-0.39, 0.29) is 22.1 Å². The number of rotatable bonds is 6. The first-order valence-electron chi connectivity index (χ1n) is 7.30. The molecular formula is C18H20F2S. The summed E-state index contributed by atoms with van der Waals surface area (Å²) in [6.07, 6.45) is 1.83. The average molecular weight is 306 g/mol. The van der Waals surface area contributed by atoms with Crippen molar-refractivity contribution in [2.75, 3.05) is 0 Å². The van der Waals surface area contributed by atoms with Gasteiger partial charge in [0, 0.05) is 10.5 Å². The molecule has 0 saturated carbocycles. The molecule has 0 spiro atoms. The molecule has 0 aromatic heterocycles. The zero-order valence-electron chi connectivity index (χ0n) is 12.4. The standard InChI is InChI=1S/C18H20F2S/c1-3-17(13-7-5-9-15(19)11-13)21-18(4-2)14-8-6-10-16(20)12-14/h5-12,17-18H,3-4H2,1-2H3. The highest BCUT2D eigenvalue weighted by molar-refractivity contribution is 7.99. The Morgan fingerprint density at radius 1 is 0.810 bits per heavy atom. The smallest absolute Gasteiger partial charge is 0.123 e. The van der Waals surface area contributed by atoms with Crippen molar-refractivity contribution in [2.24, 2.45) is 0 Å². The molecule has 0 heterocycles. The SMILES string of the molecule is CCC(SC(CC)c1cccc(F)c1)c1cccc(F)c1. The van der Waals surface area contributed by atoms with Gasteiger partial charge in [0.15, 0.2) is 0 Å². The molecule has 0 radical (unpaired) electrons. The van der Waals surface area contributed by atoms with Crippen LogP contribution in [0, 0.1) is 11.6 Å². The molecule has 2 aromatic carbocycles. The predicted octanol–water partition coefficient (Wildman–Crippen LogP) is 6.30. The van der Waals surface area contributed by atoms with Crippen molar-refractivity contribution < 1.29 is 8.78 Å². The van der Waals surface area contributed by atoms with Crippen molar-refractivity contribution in [3.63, 3.8) is 0 Å². The highest BCUT2D eigenvalue weighted by Crippen LogP contribution is 2.44. The molecule has 2 rings (SSSR count). The Bertz CT molecular complexity index is 531. The Hall–Kier alpha value is -1.35. The fourth-order valence-electron chi connectivity index (χ4n) is 2.43. The van der Waals surface area contributed by atoms with Gasteiger partial charge >= 0.3 is 0 Å². The van der Waals surface area contributed by atoms with Crippen LogP contribution in [-0.4, -0.2) is 0 Å². The van der Waals surface area contributed by atoms with Crippen LogP contribution in [0.15, 0.2) is 48.5 Å².